The average molecular weight is 473 g/mol. The molecule has 0 fully saturated rings. The van der Waals surface area contributed by atoms with E-state index in [0.717, 1.165) is 16.8 Å². The third-order valence-corrected chi connectivity index (χ3v) is 7.10. The van der Waals surface area contributed by atoms with Crippen molar-refractivity contribution < 1.29 is 21.6 Å². The summed E-state index contributed by atoms with van der Waals surface area (Å²) in [4.78, 5) is 13.2. The number of sulfonamides is 1. The zero-order valence-corrected chi connectivity index (χ0v) is 19.6. The number of anilines is 1. The van der Waals surface area contributed by atoms with E-state index in [9.17, 15) is 21.6 Å². The molecular weight excluding hydrogens is 448 g/mol. The van der Waals surface area contributed by atoms with Crippen molar-refractivity contribution in [3.05, 3.63) is 59.1 Å². The quantitative estimate of drug-likeness (QED) is 0.636. The molecule has 0 bridgehead atoms. The number of carbonyl (C=O) groups is 1. The Kier molecular flexibility index (Phi) is 7.54. The molecule has 1 amide bonds. The molecule has 1 N–H and O–H groups in total. The van der Waals surface area contributed by atoms with Gasteiger partial charge in [0.1, 0.15) is 6.04 Å². The molecule has 0 radical (unpaired) electrons. The molecule has 2 atom stereocenters. The number of nitrogens with one attached hydrogen (secondary N) is 1. The van der Waals surface area contributed by atoms with Gasteiger partial charge in [-0.05, 0) is 49.2 Å². The number of benzene rings is 2. The second-order valence-electron chi connectivity index (χ2n) is 7.03. The maximum atomic E-state index is 13.0. The van der Waals surface area contributed by atoms with E-state index in [2.05, 4.69) is 5.32 Å². The van der Waals surface area contributed by atoms with Gasteiger partial charge in [-0.2, -0.15) is 0 Å². The fourth-order valence-electron chi connectivity index (χ4n) is 3.07. The largest absolute Gasteiger partial charge is 0.348 e. The van der Waals surface area contributed by atoms with Gasteiger partial charge in [-0.3, -0.25) is 9.10 Å². The number of amides is 1. The molecule has 7 nitrogen and oxygen atoms in total. The standard InChI is InChI=1S/C20H25ClN2O5S2/c1-5-19(23(30(4,27)28)17-8-6-7-16(21)13-17)20(24)22-14(2)15-9-11-18(12-10-15)29(3,25)26/h6-14,19H,5H2,1-4H3,(H,22,24)/t14-,19+/m0/s1. The Bertz CT molecular complexity index is 1120. The minimum absolute atomic E-state index is 0.181. The lowest BCUT2D eigenvalue weighted by atomic mass is 10.1. The highest BCUT2D eigenvalue weighted by molar-refractivity contribution is 7.92. The van der Waals surface area contributed by atoms with E-state index in [1.807, 2.05) is 0 Å². The Morgan fingerprint density at radius 1 is 1.07 bits per heavy atom. The number of nitrogens with zero attached hydrogens (tertiary/aromatic N) is 1. The van der Waals surface area contributed by atoms with Gasteiger partial charge in [0.2, 0.25) is 15.9 Å². The van der Waals surface area contributed by atoms with Crippen LogP contribution in [0.25, 0.3) is 0 Å². The molecular formula is C20H25ClN2O5S2. The molecule has 0 aliphatic rings. The Morgan fingerprint density at radius 2 is 1.67 bits per heavy atom. The van der Waals surface area contributed by atoms with Gasteiger partial charge in [-0.15, -0.1) is 0 Å². The van der Waals surface area contributed by atoms with Crippen LogP contribution in [0.3, 0.4) is 0 Å². The van der Waals surface area contributed by atoms with Crippen LogP contribution in [0.4, 0.5) is 5.69 Å². The summed E-state index contributed by atoms with van der Waals surface area (Å²) < 4.78 is 49.2. The van der Waals surface area contributed by atoms with Crippen LogP contribution in [0.2, 0.25) is 5.02 Å². The zero-order chi connectivity index (χ0) is 22.7. The third kappa shape index (κ3) is 5.96. The normalized spacial score (nSPS) is 14.0. The number of hydrogen-bond acceptors (Lipinski definition) is 5. The second kappa shape index (κ2) is 9.36. The van der Waals surface area contributed by atoms with Gasteiger partial charge in [0.15, 0.2) is 9.84 Å². The third-order valence-electron chi connectivity index (χ3n) is 4.56. The van der Waals surface area contributed by atoms with Crippen LogP contribution in [0.15, 0.2) is 53.4 Å². The first-order valence-corrected chi connectivity index (χ1v) is 13.3. The lowest BCUT2D eigenvalue weighted by molar-refractivity contribution is -0.122. The predicted molar refractivity (Wildman–Crippen MR) is 119 cm³/mol. The fraction of sp³-hybridized carbons (Fsp3) is 0.350. The maximum absolute atomic E-state index is 13.0. The molecule has 2 aromatic carbocycles. The van der Waals surface area contributed by atoms with E-state index in [4.69, 9.17) is 11.6 Å². The van der Waals surface area contributed by atoms with Crippen molar-refractivity contribution in [1.29, 1.82) is 0 Å². The Labute approximate surface area is 183 Å². The molecule has 0 aromatic heterocycles. The molecule has 0 saturated heterocycles. The van der Waals surface area contributed by atoms with Crippen LogP contribution in [-0.2, 0) is 24.7 Å². The molecule has 2 aromatic rings. The van der Waals surface area contributed by atoms with E-state index in [-0.39, 0.29) is 11.3 Å². The molecule has 0 unspecified atom stereocenters. The maximum Gasteiger partial charge on any atom is 0.244 e. The summed E-state index contributed by atoms with van der Waals surface area (Å²) in [6, 6.07) is 11.1. The van der Waals surface area contributed by atoms with Gasteiger partial charge in [-0.1, -0.05) is 36.7 Å². The van der Waals surface area contributed by atoms with Gasteiger partial charge in [0.25, 0.3) is 0 Å². The van der Waals surface area contributed by atoms with Gasteiger partial charge < -0.3 is 5.32 Å². The van der Waals surface area contributed by atoms with Crippen LogP contribution in [0, 0.1) is 0 Å². The average Bonchev–Trinajstić information content (AvgIpc) is 2.64. The molecule has 0 saturated carbocycles. The summed E-state index contributed by atoms with van der Waals surface area (Å²) in [5.41, 5.74) is 0.997. The number of sulfone groups is 1. The van der Waals surface area contributed by atoms with Crippen molar-refractivity contribution in [1.82, 2.24) is 5.32 Å². The molecule has 10 heteroatoms. The van der Waals surface area contributed by atoms with Gasteiger partial charge >= 0.3 is 0 Å². The highest BCUT2D eigenvalue weighted by Gasteiger charge is 2.32. The number of halogens is 1. The monoisotopic (exact) mass is 472 g/mol. The molecule has 0 aliphatic heterocycles. The topological polar surface area (TPSA) is 101 Å². The van der Waals surface area contributed by atoms with Crippen molar-refractivity contribution in [2.75, 3.05) is 16.8 Å². The van der Waals surface area contributed by atoms with Crippen molar-refractivity contribution >= 4 is 43.1 Å². The van der Waals surface area contributed by atoms with Crippen LogP contribution < -0.4 is 9.62 Å². The van der Waals surface area contributed by atoms with Crippen LogP contribution >= 0.6 is 11.6 Å². The molecule has 0 aliphatic carbocycles. The van der Waals surface area contributed by atoms with Gasteiger partial charge in [-0.25, -0.2) is 16.8 Å². The fourth-order valence-corrected chi connectivity index (χ4v) is 5.09. The number of carbonyl (C=O) groups excluding carboxylic acids is 1. The summed E-state index contributed by atoms with van der Waals surface area (Å²) in [6.07, 6.45) is 2.40. The number of hydrogen-bond donors (Lipinski definition) is 1. The molecule has 30 heavy (non-hydrogen) atoms. The second-order valence-corrected chi connectivity index (χ2v) is 11.3. The summed E-state index contributed by atoms with van der Waals surface area (Å²) in [5, 5.41) is 3.17. The minimum Gasteiger partial charge on any atom is -0.348 e. The molecule has 2 rings (SSSR count). The van der Waals surface area contributed by atoms with Crippen LogP contribution in [0.1, 0.15) is 31.9 Å². The molecule has 0 spiro atoms. The lowest BCUT2D eigenvalue weighted by Crippen LogP contribution is -2.49. The minimum atomic E-state index is -3.77. The van der Waals surface area contributed by atoms with Gasteiger partial charge in [0, 0.05) is 11.3 Å². The molecule has 0 heterocycles. The van der Waals surface area contributed by atoms with Crippen molar-refractivity contribution in [2.24, 2.45) is 0 Å². The highest BCUT2D eigenvalue weighted by Crippen LogP contribution is 2.26. The summed E-state index contributed by atoms with van der Waals surface area (Å²) in [5.74, 6) is -0.470. The SMILES string of the molecule is CC[C@H](C(=O)N[C@@H](C)c1ccc(S(C)(=O)=O)cc1)N(c1cccc(Cl)c1)S(C)(=O)=O. The lowest BCUT2D eigenvalue weighted by Gasteiger charge is -2.31. The zero-order valence-electron chi connectivity index (χ0n) is 17.2. The van der Waals surface area contributed by atoms with E-state index < -0.39 is 37.9 Å². The molecule has 164 valence electrons. The van der Waals surface area contributed by atoms with E-state index in [0.29, 0.717) is 16.3 Å². The van der Waals surface area contributed by atoms with Crippen LogP contribution in [-0.4, -0.2) is 41.3 Å². The first-order valence-electron chi connectivity index (χ1n) is 9.20. The Morgan fingerprint density at radius 3 is 2.13 bits per heavy atom. The van der Waals surface area contributed by atoms with Crippen molar-refractivity contribution in [3.63, 3.8) is 0 Å². The van der Waals surface area contributed by atoms with E-state index in [1.54, 1.807) is 44.2 Å². The summed E-state index contributed by atoms with van der Waals surface area (Å²) >= 11 is 6.01. The van der Waals surface area contributed by atoms with E-state index >= 15 is 0 Å². The first-order chi connectivity index (χ1) is 13.8. The Hall–Kier alpha value is -2.10. The summed E-state index contributed by atoms with van der Waals surface area (Å²) in [7, 11) is -7.09. The predicted octanol–water partition coefficient (Wildman–Crippen LogP) is 3.17. The van der Waals surface area contributed by atoms with Crippen LogP contribution in [0.5, 0.6) is 0 Å². The summed E-state index contributed by atoms with van der Waals surface area (Å²) in [6.45, 7) is 3.46. The smallest absolute Gasteiger partial charge is 0.244 e. The number of rotatable bonds is 8. The first kappa shape index (κ1) is 24.2. The van der Waals surface area contributed by atoms with E-state index in [1.165, 1.54) is 18.2 Å². The van der Waals surface area contributed by atoms with Crippen molar-refractivity contribution in [3.8, 4) is 0 Å². The highest BCUT2D eigenvalue weighted by atomic mass is 35.5. The van der Waals surface area contributed by atoms with Crippen molar-refractivity contribution in [2.45, 2.75) is 37.2 Å². The van der Waals surface area contributed by atoms with Gasteiger partial charge in [0.05, 0.1) is 22.9 Å². The Balaban J connectivity index is 2.29.